The molecule has 16 nitrogen and oxygen atoms in total. The van der Waals surface area contributed by atoms with Crippen molar-refractivity contribution in [1.82, 2.24) is 14.5 Å². The first-order valence-electron chi connectivity index (χ1n) is 11.0. The predicted octanol–water partition coefficient (Wildman–Crippen LogP) is 0.447. The second-order valence-electron chi connectivity index (χ2n) is 8.39. The molecular formula is C19H25ClN5O11P2+. The Bertz CT molecular complexity index is 1460. The Kier molecular flexibility index (Phi) is 8.31. The molecule has 3 heterocycles. The van der Waals surface area contributed by atoms with Gasteiger partial charge in [0.25, 0.3) is 11.5 Å². The molecule has 38 heavy (non-hydrogen) atoms. The maximum Gasteiger partial charge on any atom is 0.481 e. The Balaban J connectivity index is 1.56. The van der Waals surface area contributed by atoms with Crippen LogP contribution in [-0.2, 0) is 29.2 Å². The highest BCUT2D eigenvalue weighted by Crippen LogP contribution is 2.57. The zero-order valence-corrected chi connectivity index (χ0v) is 22.2. The molecule has 1 saturated heterocycles. The van der Waals surface area contributed by atoms with Crippen molar-refractivity contribution >= 4 is 44.4 Å². The molecule has 3 aromatic rings. The Morgan fingerprint density at radius 2 is 1.95 bits per heavy atom. The number of nitrogens with one attached hydrogen (secondary N) is 1. The summed E-state index contributed by atoms with van der Waals surface area (Å²) in [6.07, 6.45) is -1.86. The number of nitrogens with two attached hydrogens (primary N) is 1. The van der Waals surface area contributed by atoms with Crippen LogP contribution in [0, 0.1) is 5.92 Å². The van der Waals surface area contributed by atoms with E-state index in [1.807, 2.05) is 0 Å². The molecule has 1 aliphatic rings. The minimum atomic E-state index is -5.31. The third-order valence-electron chi connectivity index (χ3n) is 5.72. The van der Waals surface area contributed by atoms with E-state index in [-0.39, 0.29) is 30.3 Å². The number of H-pyrrole nitrogens is 1. The summed E-state index contributed by atoms with van der Waals surface area (Å²) in [4.78, 5) is 46.4. The van der Waals surface area contributed by atoms with Gasteiger partial charge in [0.1, 0.15) is 25.0 Å². The Morgan fingerprint density at radius 1 is 1.26 bits per heavy atom. The number of nitrogens with zero attached hydrogens (tertiary/aromatic N) is 3. The van der Waals surface area contributed by atoms with Crippen molar-refractivity contribution in [2.75, 3.05) is 18.9 Å². The van der Waals surface area contributed by atoms with E-state index in [0.29, 0.717) is 10.8 Å². The van der Waals surface area contributed by atoms with Gasteiger partial charge < -0.3 is 35.0 Å². The van der Waals surface area contributed by atoms with Gasteiger partial charge in [0.05, 0.1) is 12.7 Å². The fraction of sp³-hybridized carbons (Fsp3) is 0.421. The highest BCUT2D eigenvalue weighted by atomic mass is 35.5. The van der Waals surface area contributed by atoms with Crippen molar-refractivity contribution in [2.24, 2.45) is 5.92 Å². The number of hydrogen-bond acceptors (Lipinski definition) is 10. The number of imidazole rings is 1. The van der Waals surface area contributed by atoms with Crippen LogP contribution in [0.1, 0.15) is 13.2 Å². The van der Waals surface area contributed by atoms with E-state index in [1.165, 1.54) is 15.5 Å². The highest BCUT2D eigenvalue weighted by Gasteiger charge is 2.46. The molecule has 208 valence electrons. The molecule has 1 aromatic carbocycles. The second-order valence-corrected chi connectivity index (χ2v) is 11.7. The lowest BCUT2D eigenvalue weighted by molar-refractivity contribution is -0.746. The number of aliphatic hydroxyl groups excluding tert-OH is 1. The zero-order valence-electron chi connectivity index (χ0n) is 19.7. The molecule has 19 heteroatoms. The van der Waals surface area contributed by atoms with Gasteiger partial charge in [0.2, 0.25) is 11.7 Å². The number of phosphoric acid groups is 2. The van der Waals surface area contributed by atoms with Crippen molar-refractivity contribution < 1.29 is 51.8 Å². The van der Waals surface area contributed by atoms with Crippen molar-refractivity contribution in [3.8, 4) is 5.75 Å². The van der Waals surface area contributed by atoms with Gasteiger partial charge in [-0.15, -0.1) is 0 Å². The molecule has 0 aliphatic carbocycles. The van der Waals surface area contributed by atoms with Crippen LogP contribution in [0.5, 0.6) is 5.75 Å². The van der Waals surface area contributed by atoms with Gasteiger partial charge in [0.15, 0.2) is 6.33 Å². The molecule has 0 spiro atoms. The fourth-order valence-corrected chi connectivity index (χ4v) is 5.66. The molecular weight excluding hydrogens is 572 g/mol. The molecule has 4 rings (SSSR count). The molecule has 0 amide bonds. The molecule has 0 radical (unpaired) electrons. The van der Waals surface area contributed by atoms with Crippen LogP contribution in [0.15, 0.2) is 35.4 Å². The van der Waals surface area contributed by atoms with Crippen molar-refractivity contribution in [3.05, 3.63) is 46.0 Å². The summed E-state index contributed by atoms with van der Waals surface area (Å²) in [5, 5.41) is 11.4. The number of rotatable bonds is 10. The standard InChI is InChI=1S/C19H24ClN5O11P2/c1-10-13(8-34-38(31,32)36-37(28,29)30)35-18(15(10)26)25-9-24(14-16(25)22-19(21)23-17(14)27)6-7-33-12-4-2-11(20)3-5-12/h2-5,9-10,13,15,18,26H,6-8H2,1H3,(H5-,21,22,23,27,28,29,30,31,32)/p+1/t10-,13-,15-,18-/m1/s1. The quantitative estimate of drug-likeness (QED) is 0.138. The topological polar surface area (TPSA) is 233 Å². The highest BCUT2D eigenvalue weighted by molar-refractivity contribution is 7.60. The largest absolute Gasteiger partial charge is 0.490 e. The Labute approximate surface area is 219 Å². The van der Waals surface area contributed by atoms with E-state index < -0.39 is 52.2 Å². The van der Waals surface area contributed by atoms with Crippen molar-refractivity contribution in [1.29, 1.82) is 0 Å². The molecule has 0 bridgehead atoms. The lowest BCUT2D eigenvalue weighted by atomic mass is 10.0. The summed E-state index contributed by atoms with van der Waals surface area (Å²) in [5.41, 5.74) is 5.41. The van der Waals surface area contributed by atoms with Gasteiger partial charge in [-0.05, 0) is 24.3 Å². The molecule has 7 N–H and O–H groups in total. The number of nitrogen functional groups attached to an aromatic ring is 1. The van der Waals surface area contributed by atoms with E-state index in [9.17, 15) is 23.9 Å². The van der Waals surface area contributed by atoms with Gasteiger partial charge in [-0.25, -0.2) is 13.7 Å². The average Bonchev–Trinajstić information content (AvgIpc) is 3.29. The summed E-state index contributed by atoms with van der Waals surface area (Å²) in [5.74, 6) is -0.304. The summed E-state index contributed by atoms with van der Waals surface area (Å²) in [7, 11) is -10.4. The number of hydrogen-bond donors (Lipinski definition) is 6. The van der Waals surface area contributed by atoms with Crippen molar-refractivity contribution in [3.63, 3.8) is 0 Å². The van der Waals surface area contributed by atoms with Crippen LogP contribution in [0.3, 0.4) is 0 Å². The number of benzene rings is 1. The number of fused-ring (bicyclic) bond motifs is 1. The van der Waals surface area contributed by atoms with Crippen LogP contribution in [0.25, 0.3) is 11.2 Å². The van der Waals surface area contributed by atoms with Crippen LogP contribution < -0.4 is 20.6 Å². The first kappa shape index (κ1) is 28.6. The van der Waals surface area contributed by atoms with Gasteiger partial charge >= 0.3 is 21.3 Å². The van der Waals surface area contributed by atoms with E-state index >= 15 is 0 Å². The molecule has 1 unspecified atom stereocenters. The molecule has 5 atom stereocenters. The number of aromatic nitrogens is 4. The number of phosphoric ester groups is 1. The Morgan fingerprint density at radius 3 is 2.61 bits per heavy atom. The number of halogens is 1. The number of ether oxygens (including phenoxy) is 2. The molecule has 2 aromatic heterocycles. The first-order chi connectivity index (χ1) is 17.7. The smallest absolute Gasteiger partial charge is 0.481 e. The van der Waals surface area contributed by atoms with Gasteiger partial charge in [0, 0.05) is 10.9 Å². The SMILES string of the molecule is C[C@H]1[C@@H](O)[C@H]([n+]2cn(CCOc3ccc(Cl)cc3)c3c(=O)[nH]c(N)nc32)O[C@@H]1COP(=O)(O)OP(=O)(O)O. The summed E-state index contributed by atoms with van der Waals surface area (Å²) in [6, 6.07) is 6.71. The number of aliphatic hydroxyl groups is 1. The zero-order chi connectivity index (χ0) is 27.8. The monoisotopic (exact) mass is 596 g/mol. The fourth-order valence-electron chi connectivity index (χ4n) is 3.93. The van der Waals surface area contributed by atoms with E-state index in [2.05, 4.69) is 18.8 Å². The lowest BCUT2D eigenvalue weighted by Gasteiger charge is -2.17. The normalized spacial score (nSPS) is 23.5. The van der Waals surface area contributed by atoms with E-state index in [0.717, 1.165) is 0 Å². The van der Waals surface area contributed by atoms with Crippen LogP contribution in [0.2, 0.25) is 5.02 Å². The van der Waals surface area contributed by atoms with Crippen molar-refractivity contribution in [2.45, 2.75) is 31.9 Å². The third kappa shape index (κ3) is 6.61. The maximum atomic E-state index is 12.7. The number of anilines is 1. The predicted molar refractivity (Wildman–Crippen MR) is 130 cm³/mol. The second kappa shape index (κ2) is 11.0. The van der Waals surface area contributed by atoms with Gasteiger partial charge in [-0.2, -0.15) is 4.31 Å². The summed E-state index contributed by atoms with van der Waals surface area (Å²) < 4.78 is 45.6. The summed E-state index contributed by atoms with van der Waals surface area (Å²) >= 11 is 5.88. The van der Waals surface area contributed by atoms with Crippen LogP contribution in [-0.4, -0.2) is 59.7 Å². The Hall–Kier alpha value is -2.36. The van der Waals surface area contributed by atoms with Gasteiger partial charge in [-0.3, -0.25) is 18.9 Å². The number of aromatic amines is 1. The van der Waals surface area contributed by atoms with Gasteiger partial charge in [-0.1, -0.05) is 23.5 Å². The minimum absolute atomic E-state index is 0.0909. The third-order valence-corrected chi connectivity index (χ3v) is 8.13. The van der Waals surface area contributed by atoms with Crippen LogP contribution >= 0.6 is 27.2 Å². The first-order valence-corrected chi connectivity index (χ1v) is 14.4. The van der Waals surface area contributed by atoms with Crippen LogP contribution in [0.4, 0.5) is 5.95 Å². The van der Waals surface area contributed by atoms with E-state index in [4.69, 9.17) is 36.6 Å². The van der Waals surface area contributed by atoms with E-state index in [1.54, 1.807) is 31.2 Å². The molecule has 1 aliphatic heterocycles. The summed E-state index contributed by atoms with van der Waals surface area (Å²) in [6.45, 7) is 1.27. The minimum Gasteiger partial charge on any atom is -0.490 e. The average molecular weight is 597 g/mol. The molecule has 0 saturated carbocycles. The molecule has 1 fully saturated rings. The lowest BCUT2D eigenvalue weighted by Crippen LogP contribution is -2.45. The maximum absolute atomic E-state index is 12.7.